The Morgan fingerprint density at radius 3 is 2.32 bits per heavy atom. The molecule has 0 atom stereocenters. The Balaban J connectivity index is 1.63. The summed E-state index contributed by atoms with van der Waals surface area (Å²) in [5, 5.41) is 6.59. The van der Waals surface area contributed by atoms with Gasteiger partial charge in [-0.1, -0.05) is 55.8 Å². The number of fused-ring (bicyclic) bond motifs is 3. The minimum Gasteiger partial charge on any atom is -0.379 e. The zero-order valence-corrected chi connectivity index (χ0v) is 30.7. The first-order valence-electron chi connectivity index (χ1n) is 18.4. The third kappa shape index (κ3) is 8.26. The van der Waals surface area contributed by atoms with Crippen molar-refractivity contribution >= 4 is 39.3 Å². The van der Waals surface area contributed by atoms with Crippen molar-refractivity contribution in [2.24, 2.45) is 5.16 Å². The zero-order chi connectivity index (χ0) is 35.7. The number of nitrogens with zero attached hydrogens (tertiary/aromatic N) is 4. The molecule has 8 heteroatoms. The van der Waals surface area contributed by atoms with Crippen LogP contribution in [0, 0.1) is 0 Å². The van der Waals surface area contributed by atoms with Crippen molar-refractivity contribution in [1.29, 1.82) is 0 Å². The van der Waals surface area contributed by atoms with Crippen LogP contribution in [0.5, 0.6) is 0 Å². The van der Waals surface area contributed by atoms with Crippen LogP contribution in [0.2, 0.25) is 0 Å². The predicted octanol–water partition coefficient (Wildman–Crippen LogP) is 8.65. The Labute approximate surface area is 297 Å². The molecule has 2 heterocycles. The van der Waals surface area contributed by atoms with Crippen LogP contribution >= 0.6 is 0 Å². The number of allylic oxidation sites excluding steroid dienone is 1. The van der Waals surface area contributed by atoms with E-state index in [0.717, 1.165) is 109 Å². The molecular formula is C42H54N4O4. The van der Waals surface area contributed by atoms with E-state index in [9.17, 15) is 9.59 Å². The number of morpholine rings is 1. The van der Waals surface area contributed by atoms with E-state index in [4.69, 9.17) is 9.57 Å². The number of hydrogen-bond acceptors (Lipinski definition) is 7. The molecule has 0 unspecified atom stereocenters. The van der Waals surface area contributed by atoms with Crippen molar-refractivity contribution in [2.75, 3.05) is 39.4 Å². The van der Waals surface area contributed by atoms with Crippen LogP contribution < -0.4 is 0 Å². The Bertz CT molecular complexity index is 1810. The van der Waals surface area contributed by atoms with E-state index in [1.807, 2.05) is 38.1 Å². The third-order valence-electron chi connectivity index (χ3n) is 10.2. The van der Waals surface area contributed by atoms with Gasteiger partial charge in [-0.25, -0.2) is 4.79 Å². The molecule has 1 aliphatic rings. The van der Waals surface area contributed by atoms with Crippen molar-refractivity contribution in [3.8, 4) is 0 Å². The second-order valence-corrected chi connectivity index (χ2v) is 13.6. The summed E-state index contributed by atoms with van der Waals surface area (Å²) in [7, 11) is 0. The first-order chi connectivity index (χ1) is 24.2. The highest BCUT2D eigenvalue weighted by molar-refractivity contribution is 6.15. The second-order valence-electron chi connectivity index (χ2n) is 13.6. The van der Waals surface area contributed by atoms with Crippen LogP contribution in [0.4, 0.5) is 0 Å². The molecule has 1 aromatic heterocycles. The summed E-state index contributed by atoms with van der Waals surface area (Å²) >= 11 is 0. The number of unbranched alkanes of at least 4 members (excludes halogenated alkanes) is 3. The predicted molar refractivity (Wildman–Crippen MR) is 204 cm³/mol. The quantitative estimate of drug-likeness (QED) is 0.0278. The molecule has 8 nitrogen and oxygen atoms in total. The number of carbonyl (C=O) groups excluding carboxylic acids is 2. The van der Waals surface area contributed by atoms with Crippen molar-refractivity contribution in [3.05, 3.63) is 95.6 Å². The summed E-state index contributed by atoms with van der Waals surface area (Å²) in [6, 6.07) is 19.6. The number of hydrogen-bond donors (Lipinski definition) is 0. The van der Waals surface area contributed by atoms with Crippen molar-refractivity contribution in [3.63, 3.8) is 0 Å². The lowest BCUT2D eigenvalue weighted by molar-refractivity contribution is -0.00430. The molecule has 5 rings (SSSR count). The third-order valence-corrected chi connectivity index (χ3v) is 10.2. The Morgan fingerprint density at radius 2 is 1.64 bits per heavy atom. The van der Waals surface area contributed by atoms with Crippen LogP contribution in [0.25, 0.3) is 21.8 Å². The second kappa shape index (κ2) is 17.2. The normalized spacial score (nSPS) is 14.5. The Morgan fingerprint density at radius 1 is 0.920 bits per heavy atom. The SMILES string of the molecule is C=CCCCCC/C(=N\OC(=O)c1ccccc1)c1ccc2c(c1)c1cc(C(=O)C(C)(C)N3CCOCC3)cc(CN(CC)CC)c1n2CC. The van der Waals surface area contributed by atoms with Crippen molar-refractivity contribution in [2.45, 2.75) is 85.4 Å². The molecule has 0 N–H and O–H groups in total. The van der Waals surface area contributed by atoms with Gasteiger partial charge in [0.25, 0.3) is 0 Å². The fourth-order valence-corrected chi connectivity index (χ4v) is 7.12. The summed E-state index contributed by atoms with van der Waals surface area (Å²) in [6.45, 7) is 20.6. The van der Waals surface area contributed by atoms with Gasteiger partial charge < -0.3 is 14.1 Å². The van der Waals surface area contributed by atoms with Crippen LogP contribution in [0.3, 0.4) is 0 Å². The summed E-state index contributed by atoms with van der Waals surface area (Å²) in [5.41, 5.74) is 5.57. The van der Waals surface area contributed by atoms with Gasteiger partial charge >= 0.3 is 5.97 Å². The standard InChI is InChI=1S/C42H54N4O4/c1-7-11-12-13-17-20-37(43-50-41(48)31-18-15-14-16-19-31)32-21-22-38-35(28-32)36-29-33(40(47)42(5,6)45-23-25-49-26-24-45)27-34(30-44(8-2)9-3)39(36)46(38)10-4/h7,14-16,18-19,21-22,27-29H,1,8-13,17,20,23-26,30H2,2-6H3/b43-37+. The lowest BCUT2D eigenvalue weighted by Crippen LogP contribution is -2.54. The van der Waals surface area contributed by atoms with Gasteiger partial charge in [0.1, 0.15) is 0 Å². The van der Waals surface area contributed by atoms with E-state index >= 15 is 0 Å². The van der Waals surface area contributed by atoms with Gasteiger partial charge in [-0.3, -0.25) is 14.6 Å². The van der Waals surface area contributed by atoms with E-state index in [2.05, 4.69) is 77.2 Å². The number of benzene rings is 3. The summed E-state index contributed by atoms with van der Waals surface area (Å²) in [6.07, 6.45) is 6.57. The van der Waals surface area contributed by atoms with Crippen LogP contribution in [0.15, 0.2) is 78.5 Å². The molecule has 1 saturated heterocycles. The molecule has 50 heavy (non-hydrogen) atoms. The topological polar surface area (TPSA) is 76.4 Å². The molecule has 1 fully saturated rings. The molecule has 0 radical (unpaired) electrons. The number of aromatic nitrogens is 1. The van der Waals surface area contributed by atoms with Crippen LogP contribution in [-0.4, -0.2) is 76.8 Å². The number of carbonyl (C=O) groups is 2. The summed E-state index contributed by atoms with van der Waals surface area (Å²) < 4.78 is 7.98. The number of oxime groups is 1. The highest BCUT2D eigenvalue weighted by atomic mass is 16.7. The minimum atomic E-state index is -0.674. The molecule has 266 valence electrons. The molecule has 3 aromatic carbocycles. The van der Waals surface area contributed by atoms with Gasteiger partial charge in [-0.15, -0.1) is 6.58 Å². The number of Topliss-reactive ketones (excluding diaryl/α,β-unsaturated/α-hetero) is 1. The number of ketones is 1. The first kappa shape index (κ1) is 37.2. The lowest BCUT2D eigenvalue weighted by Gasteiger charge is -2.39. The average Bonchev–Trinajstić information content (AvgIpc) is 3.48. The van der Waals surface area contributed by atoms with E-state index in [-0.39, 0.29) is 5.78 Å². The van der Waals surface area contributed by atoms with Gasteiger partial charge in [0.2, 0.25) is 0 Å². The van der Waals surface area contributed by atoms with Crippen LogP contribution in [0.1, 0.15) is 98.6 Å². The highest BCUT2D eigenvalue weighted by Crippen LogP contribution is 2.36. The first-order valence-corrected chi connectivity index (χ1v) is 18.4. The molecule has 0 amide bonds. The highest BCUT2D eigenvalue weighted by Gasteiger charge is 2.36. The summed E-state index contributed by atoms with van der Waals surface area (Å²) in [5.74, 6) is -0.365. The maximum absolute atomic E-state index is 14.5. The van der Waals surface area contributed by atoms with E-state index < -0.39 is 11.5 Å². The molecule has 0 bridgehead atoms. The molecule has 4 aromatic rings. The van der Waals surface area contributed by atoms with Gasteiger partial charge in [0.05, 0.1) is 35.5 Å². The maximum atomic E-state index is 14.5. The van der Waals surface area contributed by atoms with Crippen molar-refractivity contribution < 1.29 is 19.2 Å². The molecule has 0 saturated carbocycles. The molecule has 0 aliphatic carbocycles. The fourth-order valence-electron chi connectivity index (χ4n) is 7.12. The molecular weight excluding hydrogens is 624 g/mol. The van der Waals surface area contributed by atoms with Crippen molar-refractivity contribution in [1.82, 2.24) is 14.4 Å². The zero-order valence-electron chi connectivity index (χ0n) is 30.7. The van der Waals surface area contributed by atoms with Gasteiger partial charge in [-0.2, -0.15) is 0 Å². The minimum absolute atomic E-state index is 0.116. The summed E-state index contributed by atoms with van der Waals surface area (Å²) in [4.78, 5) is 37.6. The van der Waals surface area contributed by atoms with Gasteiger partial charge in [0.15, 0.2) is 5.78 Å². The maximum Gasteiger partial charge on any atom is 0.365 e. The number of rotatable bonds is 17. The largest absolute Gasteiger partial charge is 0.379 e. The van der Waals surface area contributed by atoms with Gasteiger partial charge in [-0.05, 0) is 102 Å². The molecule has 1 aliphatic heterocycles. The van der Waals surface area contributed by atoms with Gasteiger partial charge in [0, 0.05) is 53.6 Å². The van der Waals surface area contributed by atoms with E-state index in [1.165, 1.54) is 0 Å². The fraction of sp³-hybridized carbons (Fsp3) is 0.452. The number of ether oxygens (including phenoxy) is 1. The molecule has 0 spiro atoms. The smallest absolute Gasteiger partial charge is 0.365 e. The lowest BCUT2D eigenvalue weighted by atomic mass is 9.89. The van der Waals surface area contributed by atoms with E-state index in [1.54, 1.807) is 12.1 Å². The Hall–Kier alpha value is -4.11. The van der Waals surface area contributed by atoms with Crippen LogP contribution in [-0.2, 0) is 22.7 Å². The Kier molecular flexibility index (Phi) is 12.8. The monoisotopic (exact) mass is 678 g/mol. The van der Waals surface area contributed by atoms with E-state index in [0.29, 0.717) is 25.2 Å². The average molecular weight is 679 g/mol. The number of aryl methyl sites for hydroxylation is 1.